The number of nitrogens with zero attached hydrogens (tertiary/aromatic N) is 4. The summed E-state index contributed by atoms with van der Waals surface area (Å²) in [6, 6.07) is 13.4. The first-order valence-electron chi connectivity index (χ1n) is 13.3. The Morgan fingerprint density at radius 3 is 2.60 bits per heavy atom. The van der Waals surface area contributed by atoms with Gasteiger partial charge in [-0.1, -0.05) is 18.2 Å². The van der Waals surface area contributed by atoms with E-state index in [0.29, 0.717) is 41.4 Å². The molecule has 0 bridgehead atoms. The van der Waals surface area contributed by atoms with Gasteiger partial charge in [0.05, 0.1) is 52.2 Å². The summed E-state index contributed by atoms with van der Waals surface area (Å²) in [5, 5.41) is 5.02. The Labute approximate surface area is 245 Å². The van der Waals surface area contributed by atoms with Crippen LogP contribution in [0.5, 0.6) is 5.75 Å². The van der Waals surface area contributed by atoms with Gasteiger partial charge in [-0.2, -0.15) is 0 Å². The van der Waals surface area contributed by atoms with Crippen LogP contribution in [0.3, 0.4) is 0 Å². The van der Waals surface area contributed by atoms with Crippen LogP contribution in [-0.2, 0) is 23.4 Å². The van der Waals surface area contributed by atoms with Gasteiger partial charge < -0.3 is 24.3 Å². The molecule has 5 aromatic rings. The van der Waals surface area contributed by atoms with Crippen molar-refractivity contribution in [1.82, 2.24) is 19.4 Å². The highest BCUT2D eigenvalue weighted by Crippen LogP contribution is 2.46. The minimum Gasteiger partial charge on any atom is -0.497 e. The lowest BCUT2D eigenvalue weighted by Crippen LogP contribution is -2.51. The predicted octanol–water partition coefficient (Wildman–Crippen LogP) is 6.73. The van der Waals surface area contributed by atoms with Gasteiger partial charge in [0.2, 0.25) is 0 Å². The van der Waals surface area contributed by atoms with E-state index in [2.05, 4.69) is 15.3 Å². The van der Waals surface area contributed by atoms with E-state index in [1.54, 1.807) is 19.1 Å². The number of amides is 1. The molecule has 4 heterocycles. The second-order valence-electron chi connectivity index (χ2n) is 10.7. The molecule has 216 valence electrons. The summed E-state index contributed by atoms with van der Waals surface area (Å²) in [6.45, 7) is 4.99. The maximum Gasteiger partial charge on any atom is 0.273 e. The van der Waals surface area contributed by atoms with E-state index in [1.807, 2.05) is 54.1 Å². The Bertz CT molecular complexity index is 1800. The van der Waals surface area contributed by atoms with E-state index in [1.165, 1.54) is 29.8 Å². The Hall–Kier alpha value is -4.35. The summed E-state index contributed by atoms with van der Waals surface area (Å²) in [7, 11) is 3.18. The third-order valence-electron chi connectivity index (χ3n) is 7.45. The summed E-state index contributed by atoms with van der Waals surface area (Å²) in [5.74, 6) is -1.58. The van der Waals surface area contributed by atoms with Crippen molar-refractivity contribution in [3.05, 3.63) is 88.8 Å². The first kappa shape index (κ1) is 27.8. The van der Waals surface area contributed by atoms with E-state index < -0.39 is 17.2 Å². The van der Waals surface area contributed by atoms with Gasteiger partial charge in [0.15, 0.2) is 11.6 Å². The summed E-state index contributed by atoms with van der Waals surface area (Å²) in [5.41, 5.74) is 3.48. The van der Waals surface area contributed by atoms with Crippen molar-refractivity contribution in [3.8, 4) is 17.0 Å². The van der Waals surface area contributed by atoms with Crippen molar-refractivity contribution in [2.75, 3.05) is 26.1 Å². The van der Waals surface area contributed by atoms with Gasteiger partial charge in [-0.15, -0.1) is 11.3 Å². The molecule has 3 aromatic heterocycles. The summed E-state index contributed by atoms with van der Waals surface area (Å²) in [4.78, 5) is 25.2. The van der Waals surface area contributed by atoms with Crippen LogP contribution in [0.1, 0.15) is 35.6 Å². The van der Waals surface area contributed by atoms with Gasteiger partial charge >= 0.3 is 0 Å². The van der Waals surface area contributed by atoms with Crippen molar-refractivity contribution < 1.29 is 23.0 Å². The number of carbonyl (C=O) groups excluding carboxylic acids is 1. The van der Waals surface area contributed by atoms with Crippen LogP contribution in [0.4, 0.5) is 20.2 Å². The van der Waals surface area contributed by atoms with E-state index in [-0.39, 0.29) is 18.2 Å². The average Bonchev–Trinajstić information content (AvgIpc) is 3.58. The molecule has 0 saturated heterocycles. The largest absolute Gasteiger partial charge is 0.497 e. The van der Waals surface area contributed by atoms with Crippen LogP contribution in [-0.4, -0.2) is 46.1 Å². The maximum atomic E-state index is 15.1. The fourth-order valence-corrected chi connectivity index (χ4v) is 6.52. The van der Waals surface area contributed by atoms with Crippen LogP contribution in [0.25, 0.3) is 21.5 Å². The van der Waals surface area contributed by atoms with Gasteiger partial charge in [0.1, 0.15) is 17.8 Å². The van der Waals surface area contributed by atoms with Crippen LogP contribution in [0.15, 0.2) is 60.2 Å². The molecule has 0 atom stereocenters. The molecule has 8 nitrogen and oxygen atoms in total. The fourth-order valence-electron chi connectivity index (χ4n) is 5.68. The average molecular weight is 590 g/mol. The number of hydrogen-bond donors (Lipinski definition) is 1. The van der Waals surface area contributed by atoms with Crippen molar-refractivity contribution in [3.63, 3.8) is 0 Å². The lowest BCUT2D eigenvalue weighted by molar-refractivity contribution is 0.0564. The lowest BCUT2D eigenvalue weighted by atomic mass is 9.99. The zero-order valence-electron chi connectivity index (χ0n) is 23.6. The normalized spacial score (nSPS) is 14.3. The number of nitrogens with one attached hydrogen (secondary N) is 1. The van der Waals surface area contributed by atoms with Crippen LogP contribution >= 0.6 is 11.3 Å². The lowest BCUT2D eigenvalue weighted by Gasteiger charge is -2.41. The minimum atomic E-state index is -1.04. The van der Waals surface area contributed by atoms with E-state index >= 15 is 4.39 Å². The van der Waals surface area contributed by atoms with Gasteiger partial charge in [-0.05, 0) is 55.1 Å². The minimum absolute atomic E-state index is 0.0945. The number of hydrogen-bond acceptors (Lipinski definition) is 7. The van der Waals surface area contributed by atoms with Crippen LogP contribution in [0, 0.1) is 11.6 Å². The fraction of sp³-hybridized carbons (Fsp3) is 0.258. The van der Waals surface area contributed by atoms with Crippen LogP contribution in [0.2, 0.25) is 0 Å². The number of anilines is 2. The number of fused-ring (bicyclic) bond motifs is 2. The molecule has 0 fully saturated rings. The third-order valence-corrected chi connectivity index (χ3v) is 8.36. The molecule has 1 amide bonds. The monoisotopic (exact) mass is 589 g/mol. The zero-order valence-corrected chi connectivity index (χ0v) is 24.4. The van der Waals surface area contributed by atoms with Crippen molar-refractivity contribution in [2.45, 2.75) is 32.5 Å². The first-order chi connectivity index (χ1) is 20.2. The van der Waals surface area contributed by atoms with Crippen LogP contribution < -0.4 is 10.1 Å². The molecule has 1 aliphatic heterocycles. The number of halogens is 2. The molecule has 0 aliphatic carbocycles. The maximum absolute atomic E-state index is 15.1. The van der Waals surface area contributed by atoms with Crippen molar-refractivity contribution in [1.29, 1.82) is 0 Å². The quantitative estimate of drug-likeness (QED) is 0.216. The van der Waals surface area contributed by atoms with E-state index in [4.69, 9.17) is 9.47 Å². The molecular formula is C31H29F2N5O3S. The number of aromatic nitrogens is 3. The highest BCUT2D eigenvalue weighted by atomic mass is 32.1. The number of methoxy groups -OCH3 is 2. The Morgan fingerprint density at radius 2 is 1.86 bits per heavy atom. The third kappa shape index (κ3) is 4.68. The summed E-state index contributed by atoms with van der Waals surface area (Å²) in [6.07, 6.45) is 1.47. The van der Waals surface area contributed by atoms with Gasteiger partial charge in [0.25, 0.3) is 5.91 Å². The Morgan fingerprint density at radius 1 is 1.07 bits per heavy atom. The molecule has 0 radical (unpaired) electrons. The van der Waals surface area contributed by atoms with Crippen molar-refractivity contribution in [2.24, 2.45) is 0 Å². The van der Waals surface area contributed by atoms with Gasteiger partial charge in [-0.3, -0.25) is 4.79 Å². The molecule has 42 heavy (non-hydrogen) atoms. The van der Waals surface area contributed by atoms with E-state index in [9.17, 15) is 9.18 Å². The molecule has 11 heteroatoms. The second kappa shape index (κ2) is 10.8. The Kier molecular flexibility index (Phi) is 7.15. The number of benzene rings is 2. The van der Waals surface area contributed by atoms with E-state index in [0.717, 1.165) is 27.6 Å². The highest BCUT2D eigenvalue weighted by Gasteiger charge is 2.43. The summed E-state index contributed by atoms with van der Waals surface area (Å²) < 4.78 is 43.2. The van der Waals surface area contributed by atoms with Crippen molar-refractivity contribution >= 4 is 38.8 Å². The SMILES string of the molecule is COCc1c(-c2ncnc3ccsc23)c(Nc2cccc(F)c2F)c2n1C(C)(C)CN(Cc1ccc(OC)cc1)C2=O. The molecule has 6 rings (SSSR count). The standard InChI is InChI=1S/C31H29F2N5O3S/c1-31(2)16-37(14-18-8-10-19(41-4)11-9-18)30(39)28-26(36-21-7-5-6-20(32)25(21)33)24(23(15-40-3)38(28)31)27-29-22(12-13-42-29)34-17-35-27/h5-13,17,36H,14-16H2,1-4H3. The van der Waals surface area contributed by atoms with Gasteiger partial charge in [-0.25, -0.2) is 18.7 Å². The predicted molar refractivity (Wildman–Crippen MR) is 158 cm³/mol. The molecule has 0 unspecified atom stereocenters. The molecule has 0 spiro atoms. The molecular weight excluding hydrogens is 560 g/mol. The molecule has 1 aliphatic rings. The Balaban J connectivity index is 1.60. The highest BCUT2D eigenvalue weighted by molar-refractivity contribution is 7.17. The topological polar surface area (TPSA) is 81.5 Å². The smallest absolute Gasteiger partial charge is 0.273 e. The number of rotatable bonds is 8. The molecule has 2 aromatic carbocycles. The zero-order chi connectivity index (χ0) is 29.6. The number of thiophene rings is 1. The summed E-state index contributed by atoms with van der Waals surface area (Å²) >= 11 is 1.47. The first-order valence-corrected chi connectivity index (χ1v) is 14.2. The molecule has 1 N–H and O–H groups in total. The number of ether oxygens (including phenoxy) is 2. The van der Waals surface area contributed by atoms with Gasteiger partial charge in [0, 0.05) is 25.8 Å². The second-order valence-corrected chi connectivity index (χ2v) is 11.6. The number of carbonyl (C=O) groups is 1. The molecule has 0 saturated carbocycles.